The number of hydrogen-bond donors (Lipinski definition) is 1. The number of para-hydroxylation sites is 1. The Morgan fingerprint density at radius 1 is 1.12 bits per heavy atom. The van der Waals surface area contributed by atoms with Crippen LogP contribution in [0.25, 0.3) is 0 Å². The molecule has 5 nitrogen and oxygen atoms in total. The molecule has 0 bridgehead atoms. The molecule has 0 radical (unpaired) electrons. The molecule has 0 unspecified atom stereocenters. The van der Waals surface area contributed by atoms with Crippen molar-refractivity contribution in [2.24, 2.45) is 0 Å². The van der Waals surface area contributed by atoms with Crippen molar-refractivity contribution in [1.82, 2.24) is 10.2 Å². The molecule has 1 saturated heterocycles. The van der Waals surface area contributed by atoms with Gasteiger partial charge in [-0.25, -0.2) is 0 Å². The third kappa shape index (κ3) is 4.25. The van der Waals surface area contributed by atoms with Crippen molar-refractivity contribution in [3.63, 3.8) is 0 Å². The van der Waals surface area contributed by atoms with Crippen molar-refractivity contribution in [2.75, 3.05) is 37.6 Å². The van der Waals surface area contributed by atoms with Gasteiger partial charge in [-0.15, -0.1) is 11.3 Å². The van der Waals surface area contributed by atoms with Crippen LogP contribution in [0.3, 0.4) is 0 Å². The lowest BCUT2D eigenvalue weighted by Crippen LogP contribution is -2.51. The Bertz CT molecular complexity index is 765. The van der Waals surface area contributed by atoms with E-state index in [1.165, 1.54) is 21.9 Å². The minimum absolute atomic E-state index is 0.0185. The quantitative estimate of drug-likeness (QED) is 0.879. The van der Waals surface area contributed by atoms with Crippen molar-refractivity contribution in [1.29, 1.82) is 0 Å². The lowest BCUT2D eigenvalue weighted by Gasteiger charge is -2.36. The van der Waals surface area contributed by atoms with Crippen LogP contribution in [-0.4, -0.2) is 49.4 Å². The summed E-state index contributed by atoms with van der Waals surface area (Å²) in [4.78, 5) is 30.7. The molecule has 138 valence electrons. The molecule has 0 aliphatic carbocycles. The number of carbonyl (C=O) groups excluding carboxylic acids is 2. The van der Waals surface area contributed by atoms with Gasteiger partial charge in [0, 0.05) is 36.7 Å². The third-order valence-corrected chi connectivity index (χ3v) is 6.10. The fourth-order valence-corrected chi connectivity index (χ4v) is 4.22. The molecule has 1 fully saturated rings. The summed E-state index contributed by atoms with van der Waals surface area (Å²) < 4.78 is 0. The van der Waals surface area contributed by atoms with Crippen molar-refractivity contribution in [2.45, 2.75) is 20.3 Å². The maximum Gasteiger partial charge on any atom is 0.261 e. The molecular weight excluding hydrogens is 346 g/mol. The van der Waals surface area contributed by atoms with Crippen molar-refractivity contribution in [3.05, 3.63) is 51.7 Å². The van der Waals surface area contributed by atoms with Crippen LogP contribution in [0.5, 0.6) is 0 Å². The Labute approximate surface area is 158 Å². The molecule has 0 spiro atoms. The summed E-state index contributed by atoms with van der Waals surface area (Å²) in [6, 6.07) is 12.1. The number of thiophene rings is 1. The lowest BCUT2D eigenvalue weighted by molar-refractivity contribution is -0.130. The van der Waals surface area contributed by atoms with E-state index in [4.69, 9.17) is 0 Å². The summed E-state index contributed by atoms with van der Waals surface area (Å²) in [7, 11) is 0. The Morgan fingerprint density at radius 2 is 1.81 bits per heavy atom. The molecule has 1 aromatic carbocycles. The molecule has 0 atom stereocenters. The fourth-order valence-electron chi connectivity index (χ4n) is 3.19. The average Bonchev–Trinajstić information content (AvgIpc) is 3.07. The number of anilines is 1. The van der Waals surface area contributed by atoms with Crippen LogP contribution in [0, 0.1) is 6.92 Å². The van der Waals surface area contributed by atoms with Crippen LogP contribution >= 0.6 is 11.3 Å². The first kappa shape index (κ1) is 18.5. The van der Waals surface area contributed by atoms with Crippen LogP contribution in [0.2, 0.25) is 0 Å². The molecule has 1 aromatic heterocycles. The monoisotopic (exact) mass is 371 g/mol. The Balaban J connectivity index is 1.47. The number of piperazine rings is 1. The standard InChI is InChI=1S/C20H25N3O2S/c1-3-17-15(2)13-18(26-17)20(25)21-14-19(24)23-11-9-22(10-12-23)16-7-5-4-6-8-16/h4-8,13H,3,9-12,14H2,1-2H3,(H,21,25). The second kappa shape index (κ2) is 8.36. The molecule has 2 heterocycles. The van der Waals surface area contributed by atoms with E-state index in [2.05, 4.69) is 29.3 Å². The van der Waals surface area contributed by atoms with Gasteiger partial charge in [-0.2, -0.15) is 0 Å². The Morgan fingerprint density at radius 3 is 2.42 bits per heavy atom. The van der Waals surface area contributed by atoms with Crippen LogP contribution in [-0.2, 0) is 11.2 Å². The minimum Gasteiger partial charge on any atom is -0.368 e. The van der Waals surface area contributed by atoms with Crippen molar-refractivity contribution >= 4 is 28.8 Å². The summed E-state index contributed by atoms with van der Waals surface area (Å²) >= 11 is 1.51. The summed E-state index contributed by atoms with van der Waals surface area (Å²) in [5.74, 6) is -0.177. The number of amides is 2. The zero-order valence-corrected chi connectivity index (χ0v) is 16.1. The van der Waals surface area contributed by atoms with E-state index in [9.17, 15) is 9.59 Å². The van der Waals surface area contributed by atoms with Gasteiger partial charge in [0.1, 0.15) is 0 Å². The molecule has 6 heteroatoms. The number of benzene rings is 1. The second-order valence-corrected chi connectivity index (χ2v) is 7.59. The van der Waals surface area contributed by atoms with E-state index in [1.54, 1.807) is 0 Å². The number of aryl methyl sites for hydroxylation is 2. The van der Waals surface area contributed by atoms with E-state index < -0.39 is 0 Å². The largest absolute Gasteiger partial charge is 0.368 e. The molecule has 1 aliphatic rings. The highest BCUT2D eigenvalue weighted by Crippen LogP contribution is 2.22. The SMILES string of the molecule is CCc1sc(C(=O)NCC(=O)N2CCN(c3ccccc3)CC2)cc1C. The van der Waals surface area contributed by atoms with E-state index in [0.717, 1.165) is 25.1 Å². The summed E-state index contributed by atoms with van der Waals surface area (Å²) in [6.45, 7) is 7.15. The fraction of sp³-hybridized carbons (Fsp3) is 0.400. The molecule has 0 saturated carbocycles. The first-order chi connectivity index (χ1) is 12.6. The van der Waals surface area contributed by atoms with Gasteiger partial charge >= 0.3 is 0 Å². The predicted octanol–water partition coefficient (Wildman–Crippen LogP) is 2.70. The van der Waals surface area contributed by atoms with Crippen LogP contribution in [0.15, 0.2) is 36.4 Å². The number of carbonyl (C=O) groups is 2. The molecule has 26 heavy (non-hydrogen) atoms. The number of rotatable bonds is 5. The number of hydrogen-bond acceptors (Lipinski definition) is 4. The summed E-state index contributed by atoms with van der Waals surface area (Å²) in [5, 5.41) is 2.77. The van der Waals surface area contributed by atoms with Crippen LogP contribution in [0.1, 0.15) is 27.0 Å². The van der Waals surface area contributed by atoms with Crippen molar-refractivity contribution in [3.8, 4) is 0 Å². The lowest BCUT2D eigenvalue weighted by atomic mass is 10.2. The molecule has 1 N–H and O–H groups in total. The predicted molar refractivity (Wildman–Crippen MR) is 106 cm³/mol. The van der Waals surface area contributed by atoms with E-state index in [0.29, 0.717) is 18.0 Å². The molecule has 2 aromatic rings. The Kier molecular flexibility index (Phi) is 5.93. The molecule has 1 aliphatic heterocycles. The highest BCUT2D eigenvalue weighted by molar-refractivity contribution is 7.14. The summed E-state index contributed by atoms with van der Waals surface area (Å²) in [5.41, 5.74) is 2.33. The Hall–Kier alpha value is -2.34. The maximum atomic E-state index is 12.4. The normalized spacial score (nSPS) is 14.4. The first-order valence-electron chi connectivity index (χ1n) is 9.03. The van der Waals surface area contributed by atoms with Gasteiger partial charge in [-0.1, -0.05) is 25.1 Å². The third-order valence-electron chi connectivity index (χ3n) is 4.72. The highest BCUT2D eigenvalue weighted by Gasteiger charge is 2.22. The van der Waals surface area contributed by atoms with Gasteiger partial charge in [0.25, 0.3) is 5.91 Å². The molecular formula is C20H25N3O2S. The van der Waals surface area contributed by atoms with Crippen LogP contribution in [0.4, 0.5) is 5.69 Å². The first-order valence-corrected chi connectivity index (χ1v) is 9.85. The van der Waals surface area contributed by atoms with E-state index in [-0.39, 0.29) is 18.4 Å². The van der Waals surface area contributed by atoms with Gasteiger partial charge in [0.05, 0.1) is 11.4 Å². The van der Waals surface area contributed by atoms with Crippen LogP contribution < -0.4 is 10.2 Å². The van der Waals surface area contributed by atoms with Gasteiger partial charge in [0.15, 0.2) is 0 Å². The minimum atomic E-state index is -0.158. The van der Waals surface area contributed by atoms with Crippen molar-refractivity contribution < 1.29 is 9.59 Å². The highest BCUT2D eigenvalue weighted by atomic mass is 32.1. The molecule has 2 amide bonds. The number of nitrogens with zero attached hydrogens (tertiary/aromatic N) is 2. The number of nitrogens with one attached hydrogen (secondary N) is 1. The average molecular weight is 372 g/mol. The second-order valence-electron chi connectivity index (χ2n) is 6.46. The molecule has 3 rings (SSSR count). The smallest absolute Gasteiger partial charge is 0.261 e. The van der Waals surface area contributed by atoms with Gasteiger partial charge in [-0.05, 0) is 37.1 Å². The van der Waals surface area contributed by atoms with E-state index in [1.807, 2.05) is 36.1 Å². The van der Waals surface area contributed by atoms with Gasteiger partial charge in [0.2, 0.25) is 5.91 Å². The summed E-state index contributed by atoms with van der Waals surface area (Å²) in [6.07, 6.45) is 0.925. The zero-order valence-electron chi connectivity index (χ0n) is 15.3. The van der Waals surface area contributed by atoms with Gasteiger partial charge < -0.3 is 15.1 Å². The van der Waals surface area contributed by atoms with E-state index >= 15 is 0 Å². The zero-order chi connectivity index (χ0) is 18.5. The topological polar surface area (TPSA) is 52.7 Å². The van der Waals surface area contributed by atoms with Gasteiger partial charge in [-0.3, -0.25) is 9.59 Å². The maximum absolute atomic E-state index is 12.4.